The topological polar surface area (TPSA) is 97.6 Å². The molecule has 3 aromatic rings. The molecule has 4 rings (SSSR count). The maximum Gasteiger partial charge on any atom is 0.251 e. The van der Waals surface area contributed by atoms with Crippen LogP contribution in [0.25, 0.3) is 0 Å². The minimum Gasteiger partial charge on any atom is -0.493 e. The van der Waals surface area contributed by atoms with Gasteiger partial charge in [0, 0.05) is 17.5 Å². The number of sulfonamides is 1. The number of carbonyl (C=O) groups excluding carboxylic acids is 1. The van der Waals surface area contributed by atoms with E-state index in [4.69, 9.17) is 9.15 Å². The number of carbonyl (C=O) groups is 1. The van der Waals surface area contributed by atoms with Crippen LogP contribution in [0.4, 0.5) is 0 Å². The lowest BCUT2D eigenvalue weighted by Gasteiger charge is -2.26. The van der Waals surface area contributed by atoms with Crippen LogP contribution < -0.4 is 14.8 Å². The summed E-state index contributed by atoms with van der Waals surface area (Å²) < 4.78 is 38.0. The van der Waals surface area contributed by atoms with Gasteiger partial charge in [0.1, 0.15) is 11.5 Å². The van der Waals surface area contributed by atoms with E-state index in [0.717, 1.165) is 11.3 Å². The van der Waals surface area contributed by atoms with Gasteiger partial charge in [-0.3, -0.25) is 4.79 Å². The van der Waals surface area contributed by atoms with Crippen LogP contribution in [0.5, 0.6) is 5.75 Å². The third kappa shape index (κ3) is 4.33. The fourth-order valence-corrected chi connectivity index (χ4v) is 4.18. The predicted octanol–water partition coefficient (Wildman–Crippen LogP) is 3.01. The van der Waals surface area contributed by atoms with Crippen molar-refractivity contribution in [2.75, 3.05) is 6.61 Å². The van der Waals surface area contributed by atoms with Crippen molar-refractivity contribution >= 4 is 15.9 Å². The van der Waals surface area contributed by atoms with E-state index in [-0.39, 0.29) is 23.4 Å². The highest BCUT2D eigenvalue weighted by Crippen LogP contribution is 2.31. The normalized spacial score (nSPS) is 15.9. The van der Waals surface area contributed by atoms with Gasteiger partial charge in [-0.05, 0) is 42.5 Å². The molecule has 0 aliphatic carbocycles. The van der Waals surface area contributed by atoms with Crippen LogP contribution in [-0.2, 0) is 16.6 Å². The van der Waals surface area contributed by atoms with Crippen molar-refractivity contribution in [2.45, 2.75) is 23.9 Å². The third-order valence-corrected chi connectivity index (χ3v) is 6.12. The molecule has 1 unspecified atom stereocenters. The lowest BCUT2D eigenvalue weighted by atomic mass is 10.00. The van der Waals surface area contributed by atoms with Crippen molar-refractivity contribution in [3.05, 3.63) is 83.8 Å². The van der Waals surface area contributed by atoms with E-state index in [0.29, 0.717) is 24.4 Å². The van der Waals surface area contributed by atoms with Gasteiger partial charge in [0.2, 0.25) is 10.0 Å². The Hall–Kier alpha value is -3.10. The van der Waals surface area contributed by atoms with Crippen molar-refractivity contribution in [3.8, 4) is 5.75 Å². The molecule has 0 spiro atoms. The molecule has 2 N–H and O–H groups in total. The third-order valence-electron chi connectivity index (χ3n) is 4.71. The van der Waals surface area contributed by atoms with Gasteiger partial charge in [0.05, 0.1) is 30.4 Å². The monoisotopic (exact) mass is 412 g/mol. The minimum absolute atomic E-state index is 0.0563. The van der Waals surface area contributed by atoms with E-state index in [9.17, 15) is 13.2 Å². The minimum atomic E-state index is -3.70. The van der Waals surface area contributed by atoms with E-state index in [1.54, 1.807) is 12.1 Å². The highest BCUT2D eigenvalue weighted by molar-refractivity contribution is 7.89. The average molecular weight is 412 g/mol. The van der Waals surface area contributed by atoms with Gasteiger partial charge in [0.25, 0.3) is 5.91 Å². The lowest BCUT2D eigenvalue weighted by Crippen LogP contribution is -2.32. The summed E-state index contributed by atoms with van der Waals surface area (Å²) in [4.78, 5) is 12.7. The summed E-state index contributed by atoms with van der Waals surface area (Å²) in [6.45, 7) is 0.585. The Morgan fingerprint density at radius 3 is 2.59 bits per heavy atom. The predicted molar refractivity (Wildman–Crippen MR) is 106 cm³/mol. The zero-order valence-corrected chi connectivity index (χ0v) is 16.3. The molecular formula is C21H20N2O5S. The summed E-state index contributed by atoms with van der Waals surface area (Å²) >= 11 is 0. The Balaban J connectivity index is 1.43. The summed E-state index contributed by atoms with van der Waals surface area (Å²) in [7, 11) is -3.70. The Kier molecular flexibility index (Phi) is 5.37. The molecular weight excluding hydrogens is 392 g/mol. The van der Waals surface area contributed by atoms with Gasteiger partial charge in [0.15, 0.2) is 0 Å². The number of para-hydroxylation sites is 1. The Bertz CT molecular complexity index is 1090. The Labute approximate surface area is 168 Å². The first kappa shape index (κ1) is 19.2. The smallest absolute Gasteiger partial charge is 0.251 e. The lowest BCUT2D eigenvalue weighted by molar-refractivity contribution is 0.0924. The van der Waals surface area contributed by atoms with Crippen molar-refractivity contribution in [1.82, 2.24) is 10.0 Å². The van der Waals surface area contributed by atoms with Crippen LogP contribution in [0.15, 0.2) is 76.2 Å². The summed E-state index contributed by atoms with van der Waals surface area (Å²) in [6, 6.07) is 16.7. The second kappa shape index (κ2) is 8.10. The molecule has 1 aromatic heterocycles. The molecule has 29 heavy (non-hydrogen) atoms. The first-order valence-corrected chi connectivity index (χ1v) is 10.7. The molecule has 0 radical (unpaired) electrons. The quantitative estimate of drug-likeness (QED) is 0.649. The van der Waals surface area contributed by atoms with Crippen molar-refractivity contribution < 1.29 is 22.4 Å². The first-order valence-electron chi connectivity index (χ1n) is 9.18. The molecule has 0 saturated heterocycles. The summed E-state index contributed by atoms with van der Waals surface area (Å²) in [5.41, 5.74) is 1.33. The molecule has 7 nitrogen and oxygen atoms in total. The fraction of sp³-hybridized carbons (Fsp3) is 0.190. The largest absolute Gasteiger partial charge is 0.493 e. The number of rotatable bonds is 6. The summed E-state index contributed by atoms with van der Waals surface area (Å²) in [6.07, 6.45) is 2.15. The van der Waals surface area contributed by atoms with Crippen molar-refractivity contribution in [2.24, 2.45) is 0 Å². The molecule has 0 fully saturated rings. The van der Waals surface area contributed by atoms with Crippen LogP contribution >= 0.6 is 0 Å². The Morgan fingerprint density at radius 2 is 1.83 bits per heavy atom. The number of nitrogens with one attached hydrogen (secondary N) is 2. The van der Waals surface area contributed by atoms with Gasteiger partial charge in [-0.25, -0.2) is 13.1 Å². The van der Waals surface area contributed by atoms with Crippen LogP contribution in [-0.4, -0.2) is 20.9 Å². The van der Waals surface area contributed by atoms with E-state index in [1.165, 1.54) is 30.5 Å². The molecule has 2 aromatic carbocycles. The zero-order chi connectivity index (χ0) is 20.3. The number of furan rings is 1. The standard InChI is InChI=1S/C21H20N2O5S/c24-21(23-19-11-13-28-20-6-2-1-5-18(19)20)15-7-9-17(10-8-15)29(25,26)22-14-16-4-3-12-27-16/h1-10,12,19,22H,11,13-14H2,(H,23,24). The number of hydrogen-bond donors (Lipinski definition) is 2. The second-order valence-electron chi connectivity index (χ2n) is 6.63. The first-order chi connectivity index (χ1) is 14.0. The molecule has 0 bridgehead atoms. The number of benzene rings is 2. The van der Waals surface area contributed by atoms with Crippen molar-refractivity contribution in [3.63, 3.8) is 0 Å². The summed E-state index contributed by atoms with van der Waals surface area (Å²) in [5.74, 6) is 1.02. The molecule has 8 heteroatoms. The number of amides is 1. The average Bonchev–Trinajstić information content (AvgIpc) is 3.26. The van der Waals surface area contributed by atoms with Gasteiger partial charge in [-0.2, -0.15) is 0 Å². The van der Waals surface area contributed by atoms with Crippen LogP contribution in [0, 0.1) is 0 Å². The van der Waals surface area contributed by atoms with Crippen molar-refractivity contribution in [1.29, 1.82) is 0 Å². The molecule has 150 valence electrons. The highest BCUT2D eigenvalue weighted by atomic mass is 32.2. The number of hydrogen-bond acceptors (Lipinski definition) is 5. The van der Waals surface area contributed by atoms with Crippen LogP contribution in [0.3, 0.4) is 0 Å². The maximum atomic E-state index is 12.6. The van der Waals surface area contributed by atoms with Crippen LogP contribution in [0.1, 0.15) is 34.1 Å². The van der Waals surface area contributed by atoms with Gasteiger partial charge in [-0.1, -0.05) is 18.2 Å². The maximum absolute atomic E-state index is 12.6. The van der Waals surface area contributed by atoms with Gasteiger partial charge < -0.3 is 14.5 Å². The fourth-order valence-electron chi connectivity index (χ4n) is 3.18. The number of ether oxygens (including phenoxy) is 1. The Morgan fingerprint density at radius 1 is 1.03 bits per heavy atom. The molecule has 0 saturated carbocycles. The SMILES string of the molecule is O=C(NC1CCOc2ccccc21)c1ccc(S(=O)(=O)NCc2ccco2)cc1. The molecule has 1 aliphatic rings. The van der Waals surface area contributed by atoms with E-state index in [2.05, 4.69) is 10.0 Å². The molecule has 1 amide bonds. The number of fused-ring (bicyclic) bond motifs is 1. The second-order valence-corrected chi connectivity index (χ2v) is 8.40. The summed E-state index contributed by atoms with van der Waals surface area (Å²) in [5, 5.41) is 3.00. The van der Waals surface area contributed by atoms with Gasteiger partial charge >= 0.3 is 0 Å². The van der Waals surface area contributed by atoms with E-state index < -0.39 is 10.0 Å². The van der Waals surface area contributed by atoms with E-state index >= 15 is 0 Å². The van der Waals surface area contributed by atoms with Crippen LogP contribution in [0.2, 0.25) is 0 Å². The van der Waals surface area contributed by atoms with Gasteiger partial charge in [-0.15, -0.1) is 0 Å². The zero-order valence-electron chi connectivity index (χ0n) is 15.5. The highest BCUT2D eigenvalue weighted by Gasteiger charge is 2.23. The molecule has 1 atom stereocenters. The molecule has 2 heterocycles. The molecule has 1 aliphatic heterocycles. The van der Waals surface area contributed by atoms with E-state index in [1.807, 2.05) is 24.3 Å².